The summed E-state index contributed by atoms with van der Waals surface area (Å²) in [7, 11) is 1.64. The van der Waals surface area contributed by atoms with Crippen LogP contribution in [0.5, 0.6) is 5.88 Å². The maximum absolute atomic E-state index is 6.03. The van der Waals surface area contributed by atoms with Gasteiger partial charge in [-0.3, -0.25) is 0 Å². The van der Waals surface area contributed by atoms with E-state index in [0.717, 1.165) is 18.7 Å². The molecule has 3 rings (SSSR count). The van der Waals surface area contributed by atoms with Crippen LogP contribution in [-0.4, -0.2) is 25.2 Å². The fourth-order valence-electron chi connectivity index (χ4n) is 2.90. The largest absolute Gasteiger partial charge is 0.481 e. The van der Waals surface area contributed by atoms with Crippen LogP contribution in [0.1, 0.15) is 17.2 Å². The molecule has 0 bridgehead atoms. The molecule has 1 atom stereocenters. The van der Waals surface area contributed by atoms with E-state index < -0.39 is 0 Å². The van der Waals surface area contributed by atoms with Gasteiger partial charge >= 0.3 is 0 Å². The summed E-state index contributed by atoms with van der Waals surface area (Å²) in [5, 5.41) is 0. The Morgan fingerprint density at radius 1 is 1.35 bits per heavy atom. The summed E-state index contributed by atoms with van der Waals surface area (Å²) in [4.78, 5) is 6.51. The molecule has 1 unspecified atom stereocenters. The van der Waals surface area contributed by atoms with E-state index in [-0.39, 0.29) is 6.04 Å². The lowest BCUT2D eigenvalue weighted by atomic mass is 9.92. The van der Waals surface area contributed by atoms with Crippen LogP contribution in [0.3, 0.4) is 0 Å². The first kappa shape index (κ1) is 12.9. The van der Waals surface area contributed by atoms with Crippen molar-refractivity contribution in [3.63, 3.8) is 0 Å². The Morgan fingerprint density at radius 2 is 2.20 bits per heavy atom. The molecule has 0 saturated carbocycles. The lowest BCUT2D eigenvalue weighted by Crippen LogP contribution is -2.39. The number of nitrogens with zero attached hydrogens (tertiary/aromatic N) is 2. The SMILES string of the molecule is COc1cc(N2CCc3ccccc3C2CN)ccn1. The minimum Gasteiger partial charge on any atom is -0.481 e. The predicted molar refractivity (Wildman–Crippen MR) is 80.1 cm³/mol. The van der Waals surface area contributed by atoms with Gasteiger partial charge in [-0.15, -0.1) is 0 Å². The summed E-state index contributed by atoms with van der Waals surface area (Å²) in [6, 6.07) is 12.7. The number of anilines is 1. The van der Waals surface area contributed by atoms with Crippen LogP contribution in [0.2, 0.25) is 0 Å². The van der Waals surface area contributed by atoms with Crippen molar-refractivity contribution in [1.82, 2.24) is 4.98 Å². The Kier molecular flexibility index (Phi) is 3.56. The van der Waals surface area contributed by atoms with Gasteiger partial charge in [0.15, 0.2) is 0 Å². The van der Waals surface area contributed by atoms with Gasteiger partial charge in [-0.25, -0.2) is 4.98 Å². The molecule has 4 heteroatoms. The van der Waals surface area contributed by atoms with E-state index in [0.29, 0.717) is 12.4 Å². The number of benzene rings is 1. The molecular formula is C16H19N3O. The highest BCUT2D eigenvalue weighted by molar-refractivity contribution is 5.53. The van der Waals surface area contributed by atoms with Crippen LogP contribution in [-0.2, 0) is 6.42 Å². The van der Waals surface area contributed by atoms with Crippen molar-refractivity contribution in [1.29, 1.82) is 0 Å². The van der Waals surface area contributed by atoms with Crippen molar-refractivity contribution >= 4 is 5.69 Å². The molecule has 0 spiro atoms. The Morgan fingerprint density at radius 3 is 3.00 bits per heavy atom. The van der Waals surface area contributed by atoms with Gasteiger partial charge in [0.1, 0.15) is 0 Å². The molecule has 2 heterocycles. The van der Waals surface area contributed by atoms with Crippen LogP contribution in [0.4, 0.5) is 5.69 Å². The van der Waals surface area contributed by atoms with Gasteiger partial charge in [-0.2, -0.15) is 0 Å². The molecule has 0 radical (unpaired) electrons. The molecule has 104 valence electrons. The van der Waals surface area contributed by atoms with Gasteiger partial charge < -0.3 is 15.4 Å². The number of rotatable bonds is 3. The zero-order valence-corrected chi connectivity index (χ0v) is 11.6. The Bertz CT molecular complexity index is 600. The van der Waals surface area contributed by atoms with Gasteiger partial charge in [0, 0.05) is 31.0 Å². The number of aromatic nitrogens is 1. The Labute approximate surface area is 119 Å². The number of ether oxygens (including phenoxy) is 1. The zero-order valence-electron chi connectivity index (χ0n) is 11.6. The molecule has 20 heavy (non-hydrogen) atoms. The van der Waals surface area contributed by atoms with E-state index in [1.807, 2.05) is 12.1 Å². The molecule has 1 aliphatic rings. The van der Waals surface area contributed by atoms with Gasteiger partial charge in [-0.1, -0.05) is 24.3 Å². The molecule has 0 fully saturated rings. The molecule has 2 aromatic rings. The molecule has 2 N–H and O–H groups in total. The predicted octanol–water partition coefficient (Wildman–Crippen LogP) is 2.15. The second-order valence-corrected chi connectivity index (χ2v) is 4.95. The first-order valence-electron chi connectivity index (χ1n) is 6.88. The van der Waals surface area contributed by atoms with Gasteiger partial charge in [-0.05, 0) is 23.6 Å². The van der Waals surface area contributed by atoms with E-state index in [1.54, 1.807) is 13.3 Å². The average molecular weight is 269 g/mol. The highest BCUT2D eigenvalue weighted by Gasteiger charge is 2.26. The summed E-state index contributed by atoms with van der Waals surface area (Å²) in [6.07, 6.45) is 2.82. The topological polar surface area (TPSA) is 51.4 Å². The van der Waals surface area contributed by atoms with E-state index >= 15 is 0 Å². The monoisotopic (exact) mass is 269 g/mol. The Hall–Kier alpha value is -2.07. The van der Waals surface area contributed by atoms with Crippen molar-refractivity contribution in [2.24, 2.45) is 5.73 Å². The molecule has 1 aliphatic heterocycles. The van der Waals surface area contributed by atoms with Crippen LogP contribution in [0.15, 0.2) is 42.6 Å². The van der Waals surface area contributed by atoms with E-state index in [4.69, 9.17) is 10.5 Å². The van der Waals surface area contributed by atoms with Crippen LogP contribution in [0, 0.1) is 0 Å². The third kappa shape index (κ3) is 2.23. The lowest BCUT2D eigenvalue weighted by Gasteiger charge is -2.38. The van der Waals surface area contributed by atoms with E-state index in [9.17, 15) is 0 Å². The van der Waals surface area contributed by atoms with Crippen LogP contribution >= 0.6 is 0 Å². The minimum atomic E-state index is 0.215. The van der Waals surface area contributed by atoms with Crippen LogP contribution < -0.4 is 15.4 Å². The lowest BCUT2D eigenvalue weighted by molar-refractivity contribution is 0.397. The highest BCUT2D eigenvalue weighted by Crippen LogP contribution is 2.33. The van der Waals surface area contributed by atoms with Gasteiger partial charge in [0.2, 0.25) is 5.88 Å². The van der Waals surface area contributed by atoms with Crippen molar-refractivity contribution in [3.05, 3.63) is 53.7 Å². The first-order valence-corrected chi connectivity index (χ1v) is 6.88. The molecule has 4 nitrogen and oxygen atoms in total. The summed E-state index contributed by atoms with van der Waals surface area (Å²) in [5.41, 5.74) is 9.87. The normalized spacial score (nSPS) is 17.7. The number of hydrogen-bond donors (Lipinski definition) is 1. The van der Waals surface area contributed by atoms with Gasteiger partial charge in [0.05, 0.1) is 13.2 Å². The number of fused-ring (bicyclic) bond motifs is 1. The van der Waals surface area contributed by atoms with Crippen molar-refractivity contribution in [3.8, 4) is 5.88 Å². The molecule has 0 saturated heterocycles. The fourth-order valence-corrected chi connectivity index (χ4v) is 2.90. The van der Waals surface area contributed by atoms with E-state index in [1.165, 1.54) is 11.1 Å². The number of nitrogens with two attached hydrogens (primary N) is 1. The number of pyridine rings is 1. The standard InChI is InChI=1S/C16H19N3O/c1-20-16-10-13(6-8-18-16)19-9-7-12-4-2-3-5-14(12)15(19)11-17/h2-6,8,10,15H,7,9,11,17H2,1H3. The first-order chi connectivity index (χ1) is 9.83. The quantitative estimate of drug-likeness (QED) is 0.927. The molecular weight excluding hydrogens is 250 g/mol. The molecule has 0 amide bonds. The van der Waals surface area contributed by atoms with E-state index in [2.05, 4.69) is 34.1 Å². The number of methoxy groups -OCH3 is 1. The third-order valence-corrected chi connectivity index (χ3v) is 3.89. The maximum Gasteiger partial charge on any atom is 0.214 e. The third-order valence-electron chi connectivity index (χ3n) is 3.89. The Balaban J connectivity index is 1.98. The van der Waals surface area contributed by atoms with Crippen LogP contribution in [0.25, 0.3) is 0 Å². The maximum atomic E-state index is 6.03. The second-order valence-electron chi connectivity index (χ2n) is 4.95. The number of hydrogen-bond acceptors (Lipinski definition) is 4. The molecule has 1 aromatic heterocycles. The van der Waals surface area contributed by atoms with Gasteiger partial charge in [0.25, 0.3) is 0 Å². The molecule has 1 aromatic carbocycles. The fraction of sp³-hybridized carbons (Fsp3) is 0.312. The highest BCUT2D eigenvalue weighted by atomic mass is 16.5. The van der Waals surface area contributed by atoms with Crippen molar-refractivity contribution in [2.75, 3.05) is 25.1 Å². The summed E-state index contributed by atoms with van der Waals surface area (Å²) < 4.78 is 5.21. The average Bonchev–Trinajstić information content (AvgIpc) is 2.53. The summed E-state index contributed by atoms with van der Waals surface area (Å²) >= 11 is 0. The van der Waals surface area contributed by atoms with Crippen molar-refractivity contribution in [2.45, 2.75) is 12.5 Å². The second kappa shape index (κ2) is 5.51. The zero-order chi connectivity index (χ0) is 13.9. The smallest absolute Gasteiger partial charge is 0.214 e. The van der Waals surface area contributed by atoms with Crippen molar-refractivity contribution < 1.29 is 4.74 Å². The molecule has 0 aliphatic carbocycles. The summed E-state index contributed by atoms with van der Waals surface area (Å²) in [6.45, 7) is 1.56. The summed E-state index contributed by atoms with van der Waals surface area (Å²) in [5.74, 6) is 0.636. The minimum absolute atomic E-state index is 0.215.